The maximum absolute atomic E-state index is 14.0. The Morgan fingerprint density at radius 1 is 1.25 bits per heavy atom. The summed E-state index contributed by atoms with van der Waals surface area (Å²) in [5.41, 5.74) is -1.12. The monoisotopic (exact) mass is 530 g/mol. The van der Waals surface area contributed by atoms with E-state index >= 15 is 0 Å². The average Bonchev–Trinajstić information content (AvgIpc) is 3.26. The standard InChI is InChI=1S/C19H12BrClF4N6O/c1-9-5-15(19(23,24)25)31-16(26-9)6-14(28-31)18(32)27-17-11(20)8-30(29-17)7-10-12(21)3-2-4-13(10)22/h2-6,8H,7H2,1H3,(H,27,29,32). The van der Waals surface area contributed by atoms with Crippen LogP contribution < -0.4 is 5.32 Å². The summed E-state index contributed by atoms with van der Waals surface area (Å²) in [6.07, 6.45) is -3.18. The second-order valence-corrected chi connectivity index (χ2v) is 8.02. The quantitative estimate of drug-likeness (QED) is 0.372. The van der Waals surface area contributed by atoms with E-state index < -0.39 is 23.6 Å². The maximum Gasteiger partial charge on any atom is 0.433 e. The zero-order valence-corrected chi connectivity index (χ0v) is 18.4. The molecule has 0 spiro atoms. The molecule has 0 aliphatic carbocycles. The van der Waals surface area contributed by atoms with Crippen molar-refractivity contribution < 1.29 is 22.4 Å². The number of aryl methyl sites for hydroxylation is 1. The van der Waals surface area contributed by atoms with Crippen molar-refractivity contribution in [3.05, 3.63) is 74.5 Å². The van der Waals surface area contributed by atoms with Crippen molar-refractivity contribution in [1.29, 1.82) is 0 Å². The Morgan fingerprint density at radius 3 is 2.69 bits per heavy atom. The van der Waals surface area contributed by atoms with Crippen LogP contribution in [0.15, 0.2) is 41.0 Å². The number of halogens is 6. The van der Waals surface area contributed by atoms with Crippen molar-refractivity contribution in [1.82, 2.24) is 24.4 Å². The van der Waals surface area contributed by atoms with Crippen LogP contribution in [-0.2, 0) is 12.7 Å². The number of hydrogen-bond acceptors (Lipinski definition) is 4. The maximum atomic E-state index is 14.0. The second-order valence-electron chi connectivity index (χ2n) is 6.76. The number of hydrogen-bond donors (Lipinski definition) is 1. The van der Waals surface area contributed by atoms with Crippen molar-refractivity contribution in [3.63, 3.8) is 0 Å². The molecule has 13 heteroatoms. The van der Waals surface area contributed by atoms with Crippen LogP contribution in [0.5, 0.6) is 0 Å². The zero-order chi connectivity index (χ0) is 23.2. The minimum Gasteiger partial charge on any atom is -0.303 e. The zero-order valence-electron chi connectivity index (χ0n) is 16.1. The highest BCUT2D eigenvalue weighted by Crippen LogP contribution is 2.30. The number of rotatable bonds is 4. The molecule has 0 fully saturated rings. The molecule has 1 aromatic carbocycles. The summed E-state index contributed by atoms with van der Waals surface area (Å²) in [6, 6.07) is 6.25. The number of nitrogens with zero attached hydrogens (tertiary/aromatic N) is 5. The van der Waals surface area contributed by atoms with Crippen LogP contribution in [0.3, 0.4) is 0 Å². The lowest BCUT2D eigenvalue weighted by molar-refractivity contribution is -0.142. The van der Waals surface area contributed by atoms with E-state index in [1.54, 1.807) is 0 Å². The van der Waals surface area contributed by atoms with Crippen molar-refractivity contribution in [2.75, 3.05) is 5.32 Å². The molecule has 7 nitrogen and oxygen atoms in total. The number of benzene rings is 1. The number of carbonyl (C=O) groups excluding carboxylic acids is 1. The third-order valence-electron chi connectivity index (χ3n) is 4.41. The predicted octanol–water partition coefficient (Wildman–Crippen LogP) is 5.11. The molecule has 3 heterocycles. The van der Waals surface area contributed by atoms with Gasteiger partial charge in [-0.25, -0.2) is 13.9 Å². The third-order valence-corrected chi connectivity index (χ3v) is 5.34. The van der Waals surface area contributed by atoms with Crippen LogP contribution in [0.4, 0.5) is 23.4 Å². The van der Waals surface area contributed by atoms with Gasteiger partial charge in [-0.1, -0.05) is 17.7 Å². The van der Waals surface area contributed by atoms with Crippen LogP contribution in [0.1, 0.15) is 27.4 Å². The van der Waals surface area contributed by atoms with Gasteiger partial charge >= 0.3 is 6.18 Å². The van der Waals surface area contributed by atoms with Gasteiger partial charge in [0.15, 0.2) is 17.2 Å². The largest absolute Gasteiger partial charge is 0.433 e. The lowest BCUT2D eigenvalue weighted by Crippen LogP contribution is -2.16. The lowest BCUT2D eigenvalue weighted by atomic mass is 10.2. The van der Waals surface area contributed by atoms with E-state index in [9.17, 15) is 22.4 Å². The molecule has 0 aliphatic rings. The number of fused-ring (bicyclic) bond motifs is 1. The minimum absolute atomic E-state index is 0.00746. The Labute approximate surface area is 191 Å². The normalized spacial score (nSPS) is 11.8. The van der Waals surface area contributed by atoms with Crippen molar-refractivity contribution >= 4 is 44.9 Å². The van der Waals surface area contributed by atoms with Crippen molar-refractivity contribution in [3.8, 4) is 0 Å². The van der Waals surface area contributed by atoms with Gasteiger partial charge in [-0.05, 0) is 41.1 Å². The van der Waals surface area contributed by atoms with Crippen LogP contribution in [0.2, 0.25) is 5.02 Å². The lowest BCUT2D eigenvalue weighted by Gasteiger charge is -2.09. The second kappa shape index (κ2) is 8.17. The molecule has 0 saturated heterocycles. The molecular formula is C19H12BrClF4N6O. The molecule has 1 N–H and O–H groups in total. The van der Waals surface area contributed by atoms with E-state index in [2.05, 4.69) is 36.4 Å². The number of aromatic nitrogens is 5. The molecule has 3 aromatic heterocycles. The summed E-state index contributed by atoms with van der Waals surface area (Å²) in [6.45, 7) is 1.40. The number of alkyl halides is 3. The molecular weight excluding hydrogens is 520 g/mol. The number of anilines is 1. The molecule has 32 heavy (non-hydrogen) atoms. The van der Waals surface area contributed by atoms with E-state index in [4.69, 9.17) is 11.6 Å². The number of amides is 1. The van der Waals surface area contributed by atoms with E-state index in [0.717, 1.165) is 12.1 Å². The van der Waals surface area contributed by atoms with Gasteiger partial charge in [-0.2, -0.15) is 23.4 Å². The fourth-order valence-corrected chi connectivity index (χ4v) is 3.63. The molecule has 0 atom stereocenters. The summed E-state index contributed by atoms with van der Waals surface area (Å²) in [5.74, 6) is -1.24. The Morgan fingerprint density at radius 2 is 2.00 bits per heavy atom. The van der Waals surface area contributed by atoms with E-state index in [1.807, 2.05) is 0 Å². The predicted molar refractivity (Wildman–Crippen MR) is 111 cm³/mol. The fourth-order valence-electron chi connectivity index (χ4n) is 2.99. The molecule has 0 saturated carbocycles. The minimum atomic E-state index is -4.68. The summed E-state index contributed by atoms with van der Waals surface area (Å²) < 4.78 is 56.2. The summed E-state index contributed by atoms with van der Waals surface area (Å²) in [4.78, 5) is 16.6. The number of nitrogens with one attached hydrogen (secondary N) is 1. The van der Waals surface area contributed by atoms with Crippen LogP contribution in [-0.4, -0.2) is 30.3 Å². The highest BCUT2D eigenvalue weighted by atomic mass is 79.9. The Bertz CT molecular complexity index is 1330. The van der Waals surface area contributed by atoms with Gasteiger partial charge < -0.3 is 5.32 Å². The fraction of sp³-hybridized carbons (Fsp3) is 0.158. The smallest absolute Gasteiger partial charge is 0.303 e. The first-order valence-electron chi connectivity index (χ1n) is 8.95. The Hall–Kier alpha value is -2.99. The van der Waals surface area contributed by atoms with Gasteiger partial charge in [0.25, 0.3) is 5.91 Å². The molecule has 0 aliphatic heterocycles. The van der Waals surface area contributed by atoms with E-state index in [0.29, 0.717) is 8.99 Å². The van der Waals surface area contributed by atoms with Gasteiger partial charge in [-0.3, -0.25) is 9.48 Å². The topological polar surface area (TPSA) is 77.1 Å². The van der Waals surface area contributed by atoms with E-state index in [-0.39, 0.29) is 40.0 Å². The van der Waals surface area contributed by atoms with Crippen molar-refractivity contribution in [2.24, 2.45) is 0 Å². The SMILES string of the molecule is Cc1cc(C(F)(F)F)n2nc(C(=O)Nc3nn(Cc4c(F)cccc4Cl)cc3Br)cc2n1. The third kappa shape index (κ3) is 4.32. The summed E-state index contributed by atoms with van der Waals surface area (Å²) >= 11 is 9.26. The Kier molecular flexibility index (Phi) is 5.67. The van der Waals surface area contributed by atoms with Gasteiger partial charge in [0.05, 0.1) is 11.0 Å². The van der Waals surface area contributed by atoms with Gasteiger partial charge in [0, 0.05) is 28.5 Å². The van der Waals surface area contributed by atoms with Crippen LogP contribution >= 0.6 is 27.5 Å². The van der Waals surface area contributed by atoms with Crippen molar-refractivity contribution in [2.45, 2.75) is 19.6 Å². The van der Waals surface area contributed by atoms with E-state index in [1.165, 1.54) is 36.0 Å². The molecule has 4 rings (SSSR count). The highest BCUT2D eigenvalue weighted by molar-refractivity contribution is 9.10. The first-order chi connectivity index (χ1) is 15.0. The van der Waals surface area contributed by atoms with Crippen LogP contribution in [0, 0.1) is 12.7 Å². The molecule has 0 radical (unpaired) electrons. The van der Waals surface area contributed by atoms with Crippen LogP contribution in [0.25, 0.3) is 5.65 Å². The highest BCUT2D eigenvalue weighted by Gasteiger charge is 2.35. The van der Waals surface area contributed by atoms with Gasteiger partial charge in [0.2, 0.25) is 0 Å². The molecule has 0 unspecified atom stereocenters. The summed E-state index contributed by atoms with van der Waals surface area (Å²) in [7, 11) is 0. The van der Waals surface area contributed by atoms with Gasteiger partial charge in [-0.15, -0.1) is 0 Å². The average molecular weight is 532 g/mol. The first kappa shape index (κ1) is 22.2. The molecule has 4 aromatic rings. The Balaban J connectivity index is 1.60. The summed E-state index contributed by atoms with van der Waals surface area (Å²) in [5, 5.41) is 10.6. The molecule has 1 amide bonds. The molecule has 0 bridgehead atoms. The number of carbonyl (C=O) groups is 1. The molecule has 166 valence electrons. The van der Waals surface area contributed by atoms with Gasteiger partial charge in [0.1, 0.15) is 11.5 Å². The first-order valence-corrected chi connectivity index (χ1v) is 10.1.